The van der Waals surface area contributed by atoms with Gasteiger partial charge in [-0.3, -0.25) is 9.59 Å². The maximum Gasteiger partial charge on any atom is 0.265 e. The lowest BCUT2D eigenvalue weighted by Crippen LogP contribution is -2.52. The molecule has 158 valence electrons. The van der Waals surface area contributed by atoms with Gasteiger partial charge in [-0.2, -0.15) is 0 Å². The molecule has 0 aromatic heterocycles. The first kappa shape index (κ1) is 20.5. The number of carbonyl (C=O) groups is 2. The van der Waals surface area contributed by atoms with E-state index in [9.17, 15) is 14.0 Å². The number of likely N-dealkylation sites (tertiary alicyclic amines) is 1. The Balaban J connectivity index is 1.49. The van der Waals surface area contributed by atoms with Gasteiger partial charge in [-0.15, -0.1) is 0 Å². The van der Waals surface area contributed by atoms with Gasteiger partial charge in [-0.25, -0.2) is 4.39 Å². The Labute approximate surface area is 179 Å². The summed E-state index contributed by atoms with van der Waals surface area (Å²) in [7, 11) is 0. The van der Waals surface area contributed by atoms with Crippen LogP contribution in [-0.4, -0.2) is 49.0 Å². The molecule has 1 fully saturated rings. The Morgan fingerprint density at radius 2 is 1.90 bits per heavy atom. The first-order valence-corrected chi connectivity index (χ1v) is 10.4. The number of hydrogen-bond donors (Lipinski definition) is 1. The zero-order valence-electron chi connectivity index (χ0n) is 16.4. The number of rotatable bonds is 4. The quantitative estimate of drug-likeness (QED) is 0.801. The topological polar surface area (TPSA) is 61.9 Å². The summed E-state index contributed by atoms with van der Waals surface area (Å²) in [5.74, 6) is -0.258. The molecule has 1 saturated heterocycles. The number of para-hydroxylation sites is 2. The van der Waals surface area contributed by atoms with E-state index in [-0.39, 0.29) is 29.9 Å². The molecule has 2 aromatic carbocycles. The highest BCUT2D eigenvalue weighted by molar-refractivity contribution is 6.33. The molecule has 2 heterocycles. The van der Waals surface area contributed by atoms with Crippen LogP contribution in [0.15, 0.2) is 42.5 Å². The average Bonchev–Trinajstić information content (AvgIpc) is 2.75. The predicted molar refractivity (Wildman–Crippen MR) is 114 cm³/mol. The zero-order chi connectivity index (χ0) is 21.1. The number of nitrogens with zero attached hydrogens (tertiary/aromatic N) is 2. The van der Waals surface area contributed by atoms with Crippen LogP contribution in [-0.2, 0) is 9.59 Å². The molecule has 2 aliphatic rings. The Bertz CT molecular complexity index is 949. The van der Waals surface area contributed by atoms with Crippen molar-refractivity contribution in [2.45, 2.75) is 25.4 Å². The van der Waals surface area contributed by atoms with Gasteiger partial charge in [0.2, 0.25) is 5.91 Å². The Hall–Kier alpha value is -2.80. The van der Waals surface area contributed by atoms with Gasteiger partial charge in [-0.1, -0.05) is 23.7 Å². The van der Waals surface area contributed by atoms with Crippen LogP contribution in [0.3, 0.4) is 0 Å². The minimum Gasteiger partial charge on any atom is -0.477 e. The van der Waals surface area contributed by atoms with E-state index in [1.807, 2.05) is 28.0 Å². The largest absolute Gasteiger partial charge is 0.477 e. The standard InChI is InChI=1S/C22H23ClFN3O3/c23-16-12-15(24)8-9-17(16)25-21(28)14-27-13-20(22(29)26-10-4-1-5-11-26)30-19-7-3-2-6-18(19)27/h2-3,6-9,12,20H,1,4-5,10-11,13-14H2,(H,25,28)/t20-/m1/s1. The first-order valence-electron chi connectivity index (χ1n) is 10.1. The Morgan fingerprint density at radius 3 is 2.67 bits per heavy atom. The maximum absolute atomic E-state index is 13.2. The number of halogens is 2. The average molecular weight is 432 g/mol. The molecule has 6 nitrogen and oxygen atoms in total. The summed E-state index contributed by atoms with van der Waals surface area (Å²) >= 11 is 6.01. The van der Waals surface area contributed by atoms with Crippen LogP contribution in [0.25, 0.3) is 0 Å². The molecule has 0 bridgehead atoms. The van der Waals surface area contributed by atoms with E-state index in [4.69, 9.17) is 16.3 Å². The van der Waals surface area contributed by atoms with E-state index in [1.165, 1.54) is 12.1 Å². The van der Waals surface area contributed by atoms with Crippen molar-refractivity contribution in [3.8, 4) is 5.75 Å². The number of piperidine rings is 1. The number of fused-ring (bicyclic) bond motifs is 1. The van der Waals surface area contributed by atoms with E-state index in [2.05, 4.69) is 5.32 Å². The minimum atomic E-state index is -0.666. The number of ether oxygens (including phenoxy) is 1. The minimum absolute atomic E-state index is 0.0118. The van der Waals surface area contributed by atoms with Gasteiger partial charge in [-0.05, 0) is 49.6 Å². The first-order chi connectivity index (χ1) is 14.5. The molecular formula is C22H23ClFN3O3. The predicted octanol–water partition coefficient (Wildman–Crippen LogP) is 3.70. The molecule has 0 spiro atoms. The molecule has 8 heteroatoms. The van der Waals surface area contributed by atoms with Gasteiger partial charge >= 0.3 is 0 Å². The van der Waals surface area contributed by atoms with E-state index in [0.717, 1.165) is 44.1 Å². The van der Waals surface area contributed by atoms with E-state index in [0.29, 0.717) is 11.4 Å². The molecule has 30 heavy (non-hydrogen) atoms. The molecule has 0 saturated carbocycles. The van der Waals surface area contributed by atoms with Crippen LogP contribution in [0.5, 0.6) is 5.75 Å². The molecule has 4 rings (SSSR count). The Morgan fingerprint density at radius 1 is 1.13 bits per heavy atom. The lowest BCUT2D eigenvalue weighted by atomic mass is 10.1. The highest BCUT2D eigenvalue weighted by Crippen LogP contribution is 2.33. The number of carbonyl (C=O) groups excluding carboxylic acids is 2. The highest BCUT2D eigenvalue weighted by atomic mass is 35.5. The lowest BCUT2D eigenvalue weighted by Gasteiger charge is -2.38. The SMILES string of the molecule is O=C(CN1C[C@H](C(=O)N2CCCCC2)Oc2ccccc21)Nc1ccc(F)cc1Cl. The third-order valence-electron chi connectivity index (χ3n) is 5.34. The van der Waals surface area contributed by atoms with Gasteiger partial charge in [0, 0.05) is 13.1 Å². The van der Waals surface area contributed by atoms with Crippen molar-refractivity contribution in [1.29, 1.82) is 0 Å². The summed E-state index contributed by atoms with van der Waals surface area (Å²) in [6, 6.07) is 11.2. The fraction of sp³-hybridized carbons (Fsp3) is 0.364. The van der Waals surface area contributed by atoms with Gasteiger partial charge in [0.15, 0.2) is 6.10 Å². The van der Waals surface area contributed by atoms with Gasteiger partial charge in [0.25, 0.3) is 5.91 Å². The van der Waals surface area contributed by atoms with Crippen LogP contribution in [0.2, 0.25) is 5.02 Å². The van der Waals surface area contributed by atoms with Crippen molar-refractivity contribution in [3.63, 3.8) is 0 Å². The van der Waals surface area contributed by atoms with E-state index >= 15 is 0 Å². The third-order valence-corrected chi connectivity index (χ3v) is 5.66. The number of amides is 2. The van der Waals surface area contributed by atoms with E-state index < -0.39 is 11.9 Å². The zero-order valence-corrected chi connectivity index (χ0v) is 17.2. The van der Waals surface area contributed by atoms with Crippen molar-refractivity contribution < 1.29 is 18.7 Å². The van der Waals surface area contributed by atoms with Crippen LogP contribution < -0.4 is 15.0 Å². The van der Waals surface area contributed by atoms with Crippen LogP contribution in [0.1, 0.15) is 19.3 Å². The highest BCUT2D eigenvalue weighted by Gasteiger charge is 2.34. The fourth-order valence-electron chi connectivity index (χ4n) is 3.86. The van der Waals surface area contributed by atoms with Gasteiger partial charge in [0.1, 0.15) is 11.6 Å². The molecule has 0 aliphatic carbocycles. The maximum atomic E-state index is 13.2. The van der Waals surface area contributed by atoms with Crippen molar-refractivity contribution in [1.82, 2.24) is 4.90 Å². The van der Waals surface area contributed by atoms with Gasteiger partial charge in [0.05, 0.1) is 29.5 Å². The molecule has 2 aliphatic heterocycles. The summed E-state index contributed by atoms with van der Waals surface area (Å²) in [6.45, 7) is 1.77. The molecule has 0 radical (unpaired) electrons. The van der Waals surface area contributed by atoms with Crippen LogP contribution in [0, 0.1) is 5.82 Å². The molecule has 0 unspecified atom stereocenters. The smallest absolute Gasteiger partial charge is 0.265 e. The Kier molecular flexibility index (Phi) is 6.08. The third kappa shape index (κ3) is 4.51. The number of anilines is 2. The number of hydrogen-bond acceptors (Lipinski definition) is 4. The molecule has 2 aromatic rings. The van der Waals surface area contributed by atoms with Crippen molar-refractivity contribution in [3.05, 3.63) is 53.3 Å². The number of benzene rings is 2. The second-order valence-corrected chi connectivity index (χ2v) is 7.92. The summed E-state index contributed by atoms with van der Waals surface area (Å²) in [5.41, 5.74) is 1.09. The fourth-order valence-corrected chi connectivity index (χ4v) is 4.07. The monoisotopic (exact) mass is 431 g/mol. The second kappa shape index (κ2) is 8.92. The molecule has 2 amide bonds. The number of nitrogens with one attached hydrogen (secondary N) is 1. The van der Waals surface area contributed by atoms with Gasteiger partial charge < -0.3 is 19.9 Å². The summed E-state index contributed by atoms with van der Waals surface area (Å²) in [6.07, 6.45) is 2.47. The molecular weight excluding hydrogens is 409 g/mol. The molecule has 1 N–H and O–H groups in total. The van der Waals surface area contributed by atoms with E-state index in [1.54, 1.807) is 6.07 Å². The van der Waals surface area contributed by atoms with Crippen molar-refractivity contribution in [2.24, 2.45) is 0 Å². The summed E-state index contributed by atoms with van der Waals surface area (Å²) < 4.78 is 19.2. The van der Waals surface area contributed by atoms with Crippen molar-refractivity contribution in [2.75, 3.05) is 36.4 Å². The van der Waals surface area contributed by atoms with Crippen molar-refractivity contribution >= 4 is 34.8 Å². The molecule has 1 atom stereocenters. The van der Waals surface area contributed by atoms with Crippen LogP contribution in [0.4, 0.5) is 15.8 Å². The normalized spacial score (nSPS) is 18.4. The second-order valence-electron chi connectivity index (χ2n) is 7.51. The van der Waals surface area contributed by atoms with Crippen LogP contribution >= 0.6 is 11.6 Å². The summed E-state index contributed by atoms with van der Waals surface area (Å²) in [5, 5.41) is 2.84. The summed E-state index contributed by atoms with van der Waals surface area (Å²) in [4.78, 5) is 29.3. The lowest BCUT2D eigenvalue weighted by molar-refractivity contribution is -0.139.